The second kappa shape index (κ2) is 8.78. The Bertz CT molecular complexity index is 825. The van der Waals surface area contributed by atoms with Crippen LogP contribution >= 0.6 is 23.2 Å². The summed E-state index contributed by atoms with van der Waals surface area (Å²) < 4.78 is 15.4. The van der Waals surface area contributed by atoms with Crippen molar-refractivity contribution in [2.45, 2.75) is 13.0 Å². The number of amides is 1. The van der Waals surface area contributed by atoms with E-state index < -0.39 is 18.0 Å². The highest BCUT2D eigenvalue weighted by atomic mass is 35.5. The number of ether oxygens (including phenoxy) is 3. The molecule has 0 saturated heterocycles. The molecule has 0 aliphatic rings. The van der Waals surface area contributed by atoms with Gasteiger partial charge in [-0.1, -0.05) is 29.3 Å². The molecule has 0 bridgehead atoms. The molecule has 0 saturated carbocycles. The van der Waals surface area contributed by atoms with Gasteiger partial charge in [-0.15, -0.1) is 0 Å². The number of benzene rings is 2. The third-order valence-corrected chi connectivity index (χ3v) is 3.98. The Morgan fingerprint density at radius 1 is 1.12 bits per heavy atom. The molecule has 0 fully saturated rings. The van der Waals surface area contributed by atoms with E-state index in [9.17, 15) is 9.59 Å². The molecule has 138 valence electrons. The Kier molecular flexibility index (Phi) is 6.71. The summed E-state index contributed by atoms with van der Waals surface area (Å²) in [5, 5.41) is 3.31. The molecule has 2 rings (SSSR count). The molecule has 0 aliphatic heterocycles. The number of methoxy groups -OCH3 is 2. The highest BCUT2D eigenvalue weighted by Crippen LogP contribution is 2.31. The van der Waals surface area contributed by atoms with Crippen LogP contribution in [-0.4, -0.2) is 32.2 Å². The van der Waals surface area contributed by atoms with Crippen molar-refractivity contribution in [3.63, 3.8) is 0 Å². The van der Waals surface area contributed by atoms with E-state index in [2.05, 4.69) is 10.1 Å². The zero-order valence-electron chi connectivity index (χ0n) is 14.3. The van der Waals surface area contributed by atoms with Crippen LogP contribution in [-0.2, 0) is 9.53 Å². The lowest BCUT2D eigenvalue weighted by Gasteiger charge is -2.17. The van der Waals surface area contributed by atoms with Gasteiger partial charge >= 0.3 is 5.97 Å². The Morgan fingerprint density at radius 2 is 1.85 bits per heavy atom. The lowest BCUT2D eigenvalue weighted by Crippen LogP contribution is -2.30. The summed E-state index contributed by atoms with van der Waals surface area (Å²) >= 11 is 12.0. The first-order valence-corrected chi connectivity index (χ1v) is 8.30. The third-order valence-electron chi connectivity index (χ3n) is 3.43. The van der Waals surface area contributed by atoms with Gasteiger partial charge in [-0.25, -0.2) is 4.79 Å². The normalized spacial score (nSPS) is 11.4. The zero-order valence-corrected chi connectivity index (χ0v) is 15.9. The first-order chi connectivity index (χ1) is 12.3. The van der Waals surface area contributed by atoms with Crippen LogP contribution in [0.15, 0.2) is 36.4 Å². The molecule has 6 nitrogen and oxygen atoms in total. The lowest BCUT2D eigenvalue weighted by atomic mass is 10.1. The lowest BCUT2D eigenvalue weighted by molar-refractivity contribution is -0.122. The summed E-state index contributed by atoms with van der Waals surface area (Å²) in [6, 6.07) is 9.52. The number of anilines is 1. The molecule has 0 aliphatic carbocycles. The minimum Gasteiger partial charge on any atom is -0.496 e. The van der Waals surface area contributed by atoms with Crippen molar-refractivity contribution in [2.24, 2.45) is 0 Å². The highest BCUT2D eigenvalue weighted by molar-refractivity contribution is 6.34. The fraction of sp³-hybridized carbons (Fsp3) is 0.222. The van der Waals surface area contributed by atoms with Crippen LogP contribution in [0.2, 0.25) is 10.0 Å². The molecule has 26 heavy (non-hydrogen) atoms. The Hall–Kier alpha value is -2.44. The second-order valence-corrected chi connectivity index (χ2v) is 6.07. The SMILES string of the molecule is COC(=O)c1cc(Cl)c(NC(=O)C(C)Oc2cccc(Cl)c2)cc1OC. The monoisotopic (exact) mass is 397 g/mol. The maximum absolute atomic E-state index is 12.4. The van der Waals surface area contributed by atoms with E-state index in [1.807, 2.05) is 0 Å². The molecular formula is C18H17Cl2NO5. The van der Waals surface area contributed by atoms with Crippen molar-refractivity contribution in [3.8, 4) is 11.5 Å². The summed E-state index contributed by atoms with van der Waals surface area (Å²) in [7, 11) is 2.65. The van der Waals surface area contributed by atoms with E-state index in [1.165, 1.54) is 26.4 Å². The molecule has 0 radical (unpaired) electrons. The standard InChI is InChI=1S/C18H17Cl2NO5/c1-10(26-12-6-4-5-11(19)7-12)17(22)21-15-9-16(24-2)13(8-14(15)20)18(23)25-3/h4-10H,1-3H3,(H,21,22). The molecule has 1 N–H and O–H groups in total. The number of nitrogens with one attached hydrogen (secondary N) is 1. The van der Waals surface area contributed by atoms with Crippen molar-refractivity contribution in [2.75, 3.05) is 19.5 Å². The van der Waals surface area contributed by atoms with Crippen molar-refractivity contribution in [1.29, 1.82) is 0 Å². The summed E-state index contributed by atoms with van der Waals surface area (Å²) in [6.45, 7) is 1.59. The molecular weight excluding hydrogens is 381 g/mol. The molecule has 0 spiro atoms. The van der Waals surface area contributed by atoms with Crippen molar-refractivity contribution < 1.29 is 23.8 Å². The summed E-state index contributed by atoms with van der Waals surface area (Å²) in [4.78, 5) is 24.1. The summed E-state index contributed by atoms with van der Waals surface area (Å²) in [6.07, 6.45) is -0.809. The topological polar surface area (TPSA) is 73.9 Å². The maximum atomic E-state index is 12.4. The van der Waals surface area contributed by atoms with E-state index >= 15 is 0 Å². The van der Waals surface area contributed by atoms with E-state index in [4.69, 9.17) is 32.7 Å². The van der Waals surface area contributed by atoms with E-state index in [0.29, 0.717) is 10.8 Å². The van der Waals surface area contributed by atoms with E-state index in [-0.39, 0.29) is 22.0 Å². The van der Waals surface area contributed by atoms with Gasteiger partial charge in [-0.2, -0.15) is 0 Å². The third kappa shape index (κ3) is 4.80. The average Bonchev–Trinajstić information content (AvgIpc) is 2.62. The number of esters is 1. The highest BCUT2D eigenvalue weighted by Gasteiger charge is 2.20. The van der Waals surface area contributed by atoms with Crippen LogP contribution in [0.25, 0.3) is 0 Å². The molecule has 2 aromatic rings. The summed E-state index contributed by atoms with van der Waals surface area (Å²) in [5.74, 6) is -0.344. The average molecular weight is 398 g/mol. The van der Waals surface area contributed by atoms with E-state index in [1.54, 1.807) is 31.2 Å². The number of halogens is 2. The van der Waals surface area contributed by atoms with Gasteiger partial charge in [-0.05, 0) is 31.2 Å². The van der Waals surface area contributed by atoms with Crippen molar-refractivity contribution >= 4 is 40.8 Å². The van der Waals surface area contributed by atoms with Gasteiger partial charge in [0.25, 0.3) is 5.91 Å². The Morgan fingerprint density at radius 3 is 2.46 bits per heavy atom. The van der Waals surface area contributed by atoms with Crippen molar-refractivity contribution in [3.05, 3.63) is 52.0 Å². The van der Waals surface area contributed by atoms with Crippen LogP contribution < -0.4 is 14.8 Å². The first-order valence-electron chi connectivity index (χ1n) is 7.54. The smallest absolute Gasteiger partial charge is 0.341 e. The van der Waals surface area contributed by atoms with Crippen LogP contribution in [0.3, 0.4) is 0 Å². The van der Waals surface area contributed by atoms with Crippen LogP contribution in [0, 0.1) is 0 Å². The number of rotatable bonds is 6. The van der Waals surface area contributed by atoms with Gasteiger partial charge in [-0.3, -0.25) is 4.79 Å². The van der Waals surface area contributed by atoms with Crippen LogP contribution in [0.4, 0.5) is 5.69 Å². The molecule has 2 aromatic carbocycles. The number of hydrogen-bond acceptors (Lipinski definition) is 5. The van der Waals surface area contributed by atoms with Crippen LogP contribution in [0.1, 0.15) is 17.3 Å². The minimum atomic E-state index is -0.809. The van der Waals surface area contributed by atoms with E-state index in [0.717, 1.165) is 0 Å². The predicted octanol–water partition coefficient (Wildman–Crippen LogP) is 4.19. The van der Waals surface area contributed by atoms with Crippen molar-refractivity contribution in [1.82, 2.24) is 0 Å². The van der Waals surface area contributed by atoms with Gasteiger partial charge in [0.1, 0.15) is 17.1 Å². The van der Waals surface area contributed by atoms with Gasteiger partial charge in [0, 0.05) is 11.1 Å². The largest absolute Gasteiger partial charge is 0.496 e. The molecule has 1 amide bonds. The maximum Gasteiger partial charge on any atom is 0.341 e. The molecule has 1 atom stereocenters. The first kappa shape index (κ1) is 19.9. The number of carbonyl (C=O) groups excluding carboxylic acids is 2. The Labute approximate surface area is 160 Å². The molecule has 8 heteroatoms. The Balaban J connectivity index is 2.16. The number of carbonyl (C=O) groups is 2. The van der Waals surface area contributed by atoms with Gasteiger partial charge < -0.3 is 19.5 Å². The van der Waals surface area contributed by atoms with Gasteiger partial charge in [0.2, 0.25) is 0 Å². The molecule has 0 heterocycles. The predicted molar refractivity (Wildman–Crippen MR) is 99.5 cm³/mol. The summed E-state index contributed by atoms with van der Waals surface area (Å²) in [5.41, 5.74) is 0.434. The zero-order chi connectivity index (χ0) is 19.3. The fourth-order valence-electron chi connectivity index (χ4n) is 2.12. The second-order valence-electron chi connectivity index (χ2n) is 5.23. The van der Waals surface area contributed by atoms with Gasteiger partial charge in [0.15, 0.2) is 6.10 Å². The van der Waals surface area contributed by atoms with Gasteiger partial charge in [0.05, 0.1) is 24.9 Å². The molecule has 1 unspecified atom stereocenters. The van der Waals surface area contributed by atoms with Crippen LogP contribution in [0.5, 0.6) is 11.5 Å². The number of hydrogen-bond donors (Lipinski definition) is 1. The minimum absolute atomic E-state index is 0.154. The fourth-order valence-corrected chi connectivity index (χ4v) is 2.51. The quantitative estimate of drug-likeness (QED) is 0.739. The molecule has 0 aromatic heterocycles.